The molecule has 1 aromatic rings. The second-order valence-corrected chi connectivity index (χ2v) is 3.22. The van der Waals surface area contributed by atoms with Crippen molar-refractivity contribution in [3.63, 3.8) is 0 Å². The summed E-state index contributed by atoms with van der Waals surface area (Å²) in [6.07, 6.45) is 11.0. The molecule has 0 fully saturated rings. The fourth-order valence-corrected chi connectivity index (χ4v) is 1.38. The molecule has 4 heteroatoms. The van der Waals surface area contributed by atoms with E-state index >= 15 is 0 Å². The summed E-state index contributed by atoms with van der Waals surface area (Å²) in [4.78, 5) is 16.9. The van der Waals surface area contributed by atoms with Crippen molar-refractivity contribution in [2.45, 2.75) is 0 Å². The standard InChI is InChI=1S/C11H11N3O/c12-11(15)9-6-10(8-13-7-9)14-4-2-1-3-5-14/h1-4,6-8H,5H2,(H2,12,15). The first-order valence-corrected chi connectivity index (χ1v) is 4.62. The Labute approximate surface area is 87.7 Å². The number of pyridine rings is 1. The molecule has 1 amide bonds. The van der Waals surface area contributed by atoms with Gasteiger partial charge in [-0.05, 0) is 12.1 Å². The highest BCUT2D eigenvalue weighted by atomic mass is 16.1. The van der Waals surface area contributed by atoms with E-state index < -0.39 is 5.91 Å². The van der Waals surface area contributed by atoms with Gasteiger partial charge in [0.2, 0.25) is 5.91 Å². The molecule has 2 rings (SSSR count). The van der Waals surface area contributed by atoms with Gasteiger partial charge in [0.15, 0.2) is 0 Å². The Hall–Kier alpha value is -2.10. The molecule has 1 aliphatic heterocycles. The van der Waals surface area contributed by atoms with Gasteiger partial charge >= 0.3 is 0 Å². The van der Waals surface area contributed by atoms with Crippen molar-refractivity contribution in [1.29, 1.82) is 0 Å². The van der Waals surface area contributed by atoms with Crippen LogP contribution in [-0.2, 0) is 0 Å². The zero-order valence-corrected chi connectivity index (χ0v) is 8.13. The predicted molar refractivity (Wildman–Crippen MR) is 58.4 cm³/mol. The highest BCUT2D eigenvalue weighted by molar-refractivity contribution is 5.93. The SMILES string of the molecule is NC(=O)c1cncc(N2C=CC=CC2)c1. The number of hydrogen-bond donors (Lipinski definition) is 1. The first kappa shape index (κ1) is 9.45. The number of hydrogen-bond acceptors (Lipinski definition) is 3. The Morgan fingerprint density at radius 1 is 1.40 bits per heavy atom. The molecule has 0 radical (unpaired) electrons. The van der Waals surface area contributed by atoms with Crippen molar-refractivity contribution >= 4 is 11.6 Å². The van der Waals surface area contributed by atoms with Gasteiger partial charge in [0.05, 0.1) is 17.4 Å². The summed E-state index contributed by atoms with van der Waals surface area (Å²) in [7, 11) is 0. The van der Waals surface area contributed by atoms with Crippen LogP contribution in [0.25, 0.3) is 0 Å². The van der Waals surface area contributed by atoms with Crippen molar-refractivity contribution < 1.29 is 4.79 Å². The largest absolute Gasteiger partial charge is 0.366 e. The van der Waals surface area contributed by atoms with E-state index in [0.29, 0.717) is 5.56 Å². The maximum atomic E-state index is 11.0. The number of primary amides is 1. The minimum Gasteiger partial charge on any atom is -0.366 e. The summed E-state index contributed by atoms with van der Waals surface area (Å²) in [6, 6.07) is 1.73. The molecule has 0 unspecified atom stereocenters. The van der Waals surface area contributed by atoms with Gasteiger partial charge in [-0.1, -0.05) is 12.2 Å². The normalized spacial score (nSPS) is 14.3. The Kier molecular flexibility index (Phi) is 2.49. The maximum Gasteiger partial charge on any atom is 0.250 e. The Bertz CT molecular complexity index is 437. The highest BCUT2D eigenvalue weighted by Crippen LogP contribution is 2.16. The Morgan fingerprint density at radius 2 is 2.27 bits per heavy atom. The van der Waals surface area contributed by atoms with E-state index in [2.05, 4.69) is 4.98 Å². The van der Waals surface area contributed by atoms with Crippen LogP contribution in [0.15, 0.2) is 42.9 Å². The minimum atomic E-state index is -0.458. The summed E-state index contributed by atoms with van der Waals surface area (Å²) in [5.74, 6) is -0.458. The van der Waals surface area contributed by atoms with E-state index in [1.165, 1.54) is 6.20 Å². The summed E-state index contributed by atoms with van der Waals surface area (Å²) in [5.41, 5.74) is 6.48. The number of aromatic nitrogens is 1. The van der Waals surface area contributed by atoms with Crippen LogP contribution in [-0.4, -0.2) is 17.4 Å². The zero-order chi connectivity index (χ0) is 10.7. The molecule has 0 bridgehead atoms. The molecule has 15 heavy (non-hydrogen) atoms. The van der Waals surface area contributed by atoms with Crippen LogP contribution in [0.4, 0.5) is 5.69 Å². The minimum absolute atomic E-state index is 0.426. The molecule has 1 aromatic heterocycles. The summed E-state index contributed by atoms with van der Waals surface area (Å²) in [5, 5.41) is 0. The van der Waals surface area contributed by atoms with Crippen molar-refractivity contribution in [1.82, 2.24) is 4.98 Å². The Morgan fingerprint density at radius 3 is 2.93 bits per heavy atom. The highest BCUT2D eigenvalue weighted by Gasteiger charge is 2.07. The molecule has 76 valence electrons. The van der Waals surface area contributed by atoms with Gasteiger partial charge in [0, 0.05) is 18.9 Å². The average Bonchev–Trinajstić information content (AvgIpc) is 2.30. The van der Waals surface area contributed by atoms with Crippen LogP contribution in [0.1, 0.15) is 10.4 Å². The predicted octanol–water partition coefficient (Wildman–Crippen LogP) is 1.07. The molecule has 0 atom stereocenters. The van der Waals surface area contributed by atoms with E-state index in [1.807, 2.05) is 29.3 Å². The van der Waals surface area contributed by atoms with Gasteiger partial charge in [-0.3, -0.25) is 9.78 Å². The summed E-state index contributed by atoms with van der Waals surface area (Å²) in [6.45, 7) is 0.778. The van der Waals surface area contributed by atoms with Crippen molar-refractivity contribution in [2.24, 2.45) is 5.73 Å². The number of carbonyl (C=O) groups excluding carboxylic acids is 1. The molecule has 1 aliphatic rings. The number of amides is 1. The van der Waals surface area contributed by atoms with Gasteiger partial charge in [-0.15, -0.1) is 0 Å². The number of rotatable bonds is 2. The summed E-state index contributed by atoms with van der Waals surface area (Å²) >= 11 is 0. The van der Waals surface area contributed by atoms with E-state index in [0.717, 1.165) is 12.2 Å². The lowest BCUT2D eigenvalue weighted by atomic mass is 10.2. The number of carbonyl (C=O) groups is 1. The average molecular weight is 201 g/mol. The van der Waals surface area contributed by atoms with Crippen LogP contribution < -0.4 is 10.6 Å². The van der Waals surface area contributed by atoms with E-state index in [9.17, 15) is 4.79 Å². The molecule has 0 saturated carbocycles. The lowest BCUT2D eigenvalue weighted by Gasteiger charge is -2.20. The monoisotopic (exact) mass is 201 g/mol. The number of anilines is 1. The second kappa shape index (κ2) is 3.96. The first-order valence-electron chi connectivity index (χ1n) is 4.62. The van der Waals surface area contributed by atoms with Gasteiger partial charge in [0.25, 0.3) is 0 Å². The molecule has 2 N–H and O–H groups in total. The van der Waals surface area contributed by atoms with Crippen LogP contribution in [0.5, 0.6) is 0 Å². The molecule has 0 aliphatic carbocycles. The van der Waals surface area contributed by atoms with Crippen LogP contribution >= 0.6 is 0 Å². The molecule has 4 nitrogen and oxygen atoms in total. The molecule has 0 spiro atoms. The smallest absolute Gasteiger partial charge is 0.250 e. The van der Waals surface area contributed by atoms with Gasteiger partial charge in [0.1, 0.15) is 0 Å². The fraction of sp³-hybridized carbons (Fsp3) is 0.0909. The van der Waals surface area contributed by atoms with Crippen molar-refractivity contribution in [2.75, 3.05) is 11.4 Å². The number of allylic oxidation sites excluding steroid dienone is 2. The van der Waals surface area contributed by atoms with E-state index in [4.69, 9.17) is 5.73 Å². The van der Waals surface area contributed by atoms with Crippen LogP contribution in [0, 0.1) is 0 Å². The summed E-state index contributed by atoms with van der Waals surface area (Å²) < 4.78 is 0. The third kappa shape index (κ3) is 2.04. The van der Waals surface area contributed by atoms with Crippen molar-refractivity contribution in [3.05, 3.63) is 48.5 Å². The lowest BCUT2D eigenvalue weighted by Crippen LogP contribution is -2.19. The fourth-order valence-electron chi connectivity index (χ4n) is 1.38. The third-order valence-corrected chi connectivity index (χ3v) is 2.16. The lowest BCUT2D eigenvalue weighted by molar-refractivity contribution is 0.1000. The Balaban J connectivity index is 2.28. The topological polar surface area (TPSA) is 59.2 Å². The third-order valence-electron chi connectivity index (χ3n) is 2.16. The quantitative estimate of drug-likeness (QED) is 0.778. The van der Waals surface area contributed by atoms with Gasteiger partial charge in [-0.2, -0.15) is 0 Å². The first-order chi connectivity index (χ1) is 7.27. The molecular weight excluding hydrogens is 190 g/mol. The van der Waals surface area contributed by atoms with E-state index in [-0.39, 0.29) is 0 Å². The maximum absolute atomic E-state index is 11.0. The number of nitrogens with zero attached hydrogens (tertiary/aromatic N) is 2. The van der Waals surface area contributed by atoms with Crippen LogP contribution in [0.3, 0.4) is 0 Å². The zero-order valence-electron chi connectivity index (χ0n) is 8.13. The molecule has 0 aromatic carbocycles. The van der Waals surface area contributed by atoms with Gasteiger partial charge in [-0.25, -0.2) is 0 Å². The van der Waals surface area contributed by atoms with Crippen LogP contribution in [0.2, 0.25) is 0 Å². The van der Waals surface area contributed by atoms with Crippen molar-refractivity contribution in [3.8, 4) is 0 Å². The molecular formula is C11H11N3O. The van der Waals surface area contributed by atoms with Gasteiger partial charge < -0.3 is 10.6 Å². The molecule has 0 saturated heterocycles. The molecule has 2 heterocycles. The van der Waals surface area contributed by atoms with E-state index in [1.54, 1.807) is 12.3 Å². The second-order valence-electron chi connectivity index (χ2n) is 3.22. The number of nitrogens with two attached hydrogens (primary N) is 1.